The van der Waals surface area contributed by atoms with Crippen LogP contribution in [0, 0.1) is 18.7 Å². The van der Waals surface area contributed by atoms with Gasteiger partial charge in [-0.2, -0.15) is 5.10 Å². The first-order valence-corrected chi connectivity index (χ1v) is 8.85. The third-order valence-corrected chi connectivity index (χ3v) is 5.30. The van der Waals surface area contributed by atoms with E-state index in [4.69, 9.17) is 5.11 Å². The lowest BCUT2D eigenvalue weighted by molar-refractivity contribution is -0.145. The molecule has 2 aliphatic rings. The fourth-order valence-electron chi connectivity index (χ4n) is 3.79. The quantitative estimate of drug-likeness (QED) is 0.880. The van der Waals surface area contributed by atoms with Crippen LogP contribution in [-0.2, 0) is 17.6 Å². The Bertz CT molecular complexity index is 900. The topological polar surface area (TPSA) is 84.2 Å². The van der Waals surface area contributed by atoms with Gasteiger partial charge in [-0.1, -0.05) is 6.07 Å². The molecule has 6 nitrogen and oxygen atoms in total. The molecular formula is C19H20FN3O3. The maximum absolute atomic E-state index is 14.4. The molecule has 7 heteroatoms. The molecule has 2 aliphatic carbocycles. The van der Waals surface area contributed by atoms with E-state index in [2.05, 4.69) is 10.4 Å². The first-order valence-electron chi connectivity index (χ1n) is 8.85. The Morgan fingerprint density at radius 1 is 1.31 bits per heavy atom. The van der Waals surface area contributed by atoms with Crippen LogP contribution in [0.2, 0.25) is 0 Å². The van der Waals surface area contributed by atoms with Crippen molar-refractivity contribution < 1.29 is 19.1 Å². The average Bonchev–Trinajstić information content (AvgIpc) is 3.12. The third-order valence-electron chi connectivity index (χ3n) is 5.30. The van der Waals surface area contributed by atoms with Gasteiger partial charge in [0.05, 0.1) is 5.92 Å². The zero-order valence-corrected chi connectivity index (χ0v) is 14.5. The molecular weight excluding hydrogens is 337 g/mol. The van der Waals surface area contributed by atoms with Crippen LogP contribution in [0.1, 0.15) is 46.6 Å². The highest BCUT2D eigenvalue weighted by Crippen LogP contribution is 2.31. The number of aliphatic carboxylic acids is 1. The van der Waals surface area contributed by atoms with Gasteiger partial charge in [-0.25, -0.2) is 9.07 Å². The molecule has 0 radical (unpaired) electrons. The van der Waals surface area contributed by atoms with Crippen LogP contribution in [0.3, 0.4) is 0 Å². The molecule has 0 unspecified atom stereocenters. The Hall–Kier alpha value is -2.70. The van der Waals surface area contributed by atoms with Crippen molar-refractivity contribution in [3.8, 4) is 5.69 Å². The molecule has 0 atom stereocenters. The van der Waals surface area contributed by atoms with Gasteiger partial charge in [0.2, 0.25) is 0 Å². The van der Waals surface area contributed by atoms with Crippen LogP contribution in [0.4, 0.5) is 4.39 Å². The number of hydrogen-bond donors (Lipinski definition) is 2. The van der Waals surface area contributed by atoms with Gasteiger partial charge in [-0.05, 0) is 56.7 Å². The van der Waals surface area contributed by atoms with Crippen molar-refractivity contribution in [2.24, 2.45) is 5.92 Å². The molecule has 0 aliphatic heterocycles. The van der Waals surface area contributed by atoms with Gasteiger partial charge >= 0.3 is 5.97 Å². The second kappa shape index (κ2) is 6.23. The first-order chi connectivity index (χ1) is 12.4. The molecule has 26 heavy (non-hydrogen) atoms. The third kappa shape index (κ3) is 2.77. The van der Waals surface area contributed by atoms with E-state index >= 15 is 0 Å². The molecule has 1 fully saturated rings. The molecule has 1 heterocycles. The van der Waals surface area contributed by atoms with E-state index in [1.54, 1.807) is 10.7 Å². The molecule has 136 valence electrons. The molecule has 2 aromatic rings. The normalized spacial score (nSPS) is 21.2. The summed E-state index contributed by atoms with van der Waals surface area (Å²) in [6.07, 6.45) is 3.29. The van der Waals surface area contributed by atoms with E-state index in [0.29, 0.717) is 24.2 Å². The predicted molar refractivity (Wildman–Crippen MR) is 91.9 cm³/mol. The van der Waals surface area contributed by atoms with Crippen LogP contribution in [0.15, 0.2) is 18.2 Å². The van der Waals surface area contributed by atoms with E-state index < -0.39 is 5.97 Å². The lowest BCUT2D eigenvalue weighted by Gasteiger charge is -2.32. The lowest BCUT2D eigenvalue weighted by atomic mass is 9.80. The van der Waals surface area contributed by atoms with Gasteiger partial charge in [0.15, 0.2) is 5.69 Å². The lowest BCUT2D eigenvalue weighted by Crippen LogP contribution is -2.47. The van der Waals surface area contributed by atoms with Gasteiger partial charge in [0.1, 0.15) is 11.5 Å². The Kier molecular flexibility index (Phi) is 4.01. The van der Waals surface area contributed by atoms with Gasteiger partial charge in [-0.3, -0.25) is 9.59 Å². The summed E-state index contributed by atoms with van der Waals surface area (Å²) in [7, 11) is 0. The fourth-order valence-corrected chi connectivity index (χ4v) is 3.79. The largest absolute Gasteiger partial charge is 0.481 e. The van der Waals surface area contributed by atoms with E-state index in [0.717, 1.165) is 36.1 Å². The summed E-state index contributed by atoms with van der Waals surface area (Å²) in [5.41, 5.74) is 3.26. The van der Waals surface area contributed by atoms with E-state index in [1.807, 2.05) is 13.0 Å². The highest BCUT2D eigenvalue weighted by molar-refractivity contribution is 5.94. The number of benzene rings is 1. The minimum absolute atomic E-state index is 0.137. The number of carboxylic acids is 1. The predicted octanol–water partition coefficient (Wildman–Crippen LogP) is 2.40. The number of halogens is 1. The van der Waals surface area contributed by atoms with Crippen molar-refractivity contribution in [1.29, 1.82) is 0 Å². The zero-order valence-electron chi connectivity index (χ0n) is 14.5. The van der Waals surface area contributed by atoms with E-state index in [1.165, 1.54) is 6.07 Å². The highest BCUT2D eigenvalue weighted by atomic mass is 19.1. The minimum atomic E-state index is -0.824. The van der Waals surface area contributed by atoms with Crippen LogP contribution >= 0.6 is 0 Å². The van der Waals surface area contributed by atoms with Crippen molar-refractivity contribution in [2.45, 2.75) is 45.1 Å². The number of carbonyl (C=O) groups is 2. The van der Waals surface area contributed by atoms with Crippen molar-refractivity contribution in [1.82, 2.24) is 15.1 Å². The summed E-state index contributed by atoms with van der Waals surface area (Å²) >= 11 is 0. The van der Waals surface area contributed by atoms with Crippen LogP contribution in [0.5, 0.6) is 0 Å². The second-order valence-electron chi connectivity index (χ2n) is 7.17. The number of nitrogens with one attached hydrogen (secondary N) is 1. The molecule has 0 saturated heterocycles. The maximum Gasteiger partial charge on any atom is 0.306 e. The summed E-state index contributed by atoms with van der Waals surface area (Å²) in [4.78, 5) is 23.5. The van der Waals surface area contributed by atoms with Gasteiger partial charge < -0.3 is 10.4 Å². The summed E-state index contributed by atoms with van der Waals surface area (Å²) in [6, 6.07) is 4.82. The Morgan fingerprint density at radius 2 is 2.08 bits per heavy atom. The first kappa shape index (κ1) is 16.8. The number of aromatic nitrogens is 2. The van der Waals surface area contributed by atoms with Gasteiger partial charge in [0, 0.05) is 17.3 Å². The van der Waals surface area contributed by atoms with Crippen molar-refractivity contribution in [3.63, 3.8) is 0 Å². The molecule has 1 aromatic carbocycles. The number of rotatable bonds is 4. The minimum Gasteiger partial charge on any atom is -0.481 e. The Balaban J connectivity index is 1.60. The second-order valence-corrected chi connectivity index (χ2v) is 7.17. The number of hydrogen-bond acceptors (Lipinski definition) is 3. The molecule has 1 aromatic heterocycles. The molecule has 2 N–H and O–H groups in total. The van der Waals surface area contributed by atoms with Crippen molar-refractivity contribution >= 4 is 11.9 Å². The molecule has 0 bridgehead atoms. The van der Waals surface area contributed by atoms with Crippen LogP contribution < -0.4 is 5.32 Å². The number of aryl methyl sites for hydroxylation is 1. The molecule has 1 saturated carbocycles. The monoisotopic (exact) mass is 357 g/mol. The van der Waals surface area contributed by atoms with Crippen molar-refractivity contribution in [2.75, 3.05) is 0 Å². The summed E-state index contributed by atoms with van der Waals surface area (Å²) in [5, 5.41) is 16.2. The molecule has 0 spiro atoms. The number of carboxylic acid groups (broad SMARTS) is 1. The Morgan fingerprint density at radius 3 is 2.77 bits per heavy atom. The zero-order chi connectivity index (χ0) is 18.4. The molecule has 4 rings (SSSR count). The SMILES string of the molecule is Cc1ccc(-n2nc(C(=O)NC3CC(C(=O)O)C3)c3c2CCC3)c(F)c1. The smallest absolute Gasteiger partial charge is 0.306 e. The fraction of sp³-hybridized carbons (Fsp3) is 0.421. The van der Waals surface area contributed by atoms with Crippen molar-refractivity contribution in [3.05, 3.63) is 46.5 Å². The van der Waals surface area contributed by atoms with Gasteiger partial charge in [0.25, 0.3) is 5.91 Å². The number of fused-ring (bicyclic) bond motifs is 1. The van der Waals surface area contributed by atoms with Crippen LogP contribution in [-0.4, -0.2) is 32.8 Å². The standard InChI is InChI=1S/C19H20FN3O3/c1-10-5-6-16(14(20)7-10)23-15-4-2-3-13(15)17(22-23)18(24)21-12-8-11(9-12)19(25)26/h5-7,11-12H,2-4,8-9H2,1H3,(H,21,24)(H,25,26). The van der Waals surface area contributed by atoms with E-state index in [9.17, 15) is 14.0 Å². The number of amides is 1. The number of nitrogens with zero attached hydrogens (tertiary/aromatic N) is 2. The summed E-state index contributed by atoms with van der Waals surface area (Å²) in [6.45, 7) is 1.82. The number of carbonyl (C=O) groups excluding carboxylic acids is 1. The average molecular weight is 357 g/mol. The van der Waals surface area contributed by atoms with Crippen LogP contribution in [0.25, 0.3) is 5.69 Å². The Labute approximate surface area is 150 Å². The summed E-state index contributed by atoms with van der Waals surface area (Å²) in [5.74, 6) is -1.87. The molecule has 1 amide bonds. The van der Waals surface area contributed by atoms with E-state index in [-0.39, 0.29) is 23.7 Å². The maximum atomic E-state index is 14.4. The summed E-state index contributed by atoms with van der Waals surface area (Å²) < 4.78 is 15.9. The highest BCUT2D eigenvalue weighted by Gasteiger charge is 2.36. The van der Waals surface area contributed by atoms with Gasteiger partial charge in [-0.15, -0.1) is 0 Å².